The van der Waals surface area contributed by atoms with E-state index in [0.717, 1.165) is 22.5 Å². The fraction of sp³-hybridized carbons (Fsp3) is 0. The van der Waals surface area contributed by atoms with Gasteiger partial charge in [-0.1, -0.05) is 42.5 Å². The highest BCUT2D eigenvalue weighted by molar-refractivity contribution is 5.90. The second-order valence-corrected chi connectivity index (χ2v) is 3.17. The van der Waals surface area contributed by atoms with Crippen LogP contribution in [0.15, 0.2) is 48.7 Å². The lowest BCUT2D eigenvalue weighted by molar-refractivity contribution is -0.400. The van der Waals surface area contributed by atoms with Crippen molar-refractivity contribution in [2.75, 3.05) is 0 Å². The average molecular weight is 199 g/mol. The summed E-state index contributed by atoms with van der Waals surface area (Å²) in [5.74, 6) is 0. The van der Waals surface area contributed by atoms with Gasteiger partial charge in [0.15, 0.2) is 0 Å². The van der Waals surface area contributed by atoms with Crippen LogP contribution in [0.5, 0.6) is 0 Å². The molecule has 0 atom stereocenters. The molecule has 0 saturated heterocycles. The third-order valence-corrected chi connectivity index (χ3v) is 2.20. The van der Waals surface area contributed by atoms with E-state index in [-0.39, 0.29) is 0 Å². The minimum absolute atomic E-state index is 0.457. The molecule has 3 nitrogen and oxygen atoms in total. The summed E-state index contributed by atoms with van der Waals surface area (Å²) in [5, 5.41) is 12.3. The smallest absolute Gasteiger partial charge is 0.235 e. The number of fused-ring (bicyclic) bond motifs is 1. The zero-order valence-corrected chi connectivity index (χ0v) is 7.96. The Morgan fingerprint density at radius 2 is 1.80 bits per heavy atom. The summed E-state index contributed by atoms with van der Waals surface area (Å²) >= 11 is 0. The van der Waals surface area contributed by atoms with Crippen LogP contribution in [0.25, 0.3) is 16.8 Å². The van der Waals surface area contributed by atoms with Crippen molar-refractivity contribution in [3.05, 3.63) is 64.3 Å². The molecular formula is C12H9NO2. The normalized spacial score (nSPS) is 10.9. The van der Waals surface area contributed by atoms with Gasteiger partial charge in [-0.15, -0.1) is 0 Å². The van der Waals surface area contributed by atoms with Gasteiger partial charge in [-0.2, -0.15) is 0 Å². The predicted octanol–water partition coefficient (Wildman–Crippen LogP) is 3.09. The summed E-state index contributed by atoms with van der Waals surface area (Å²) in [6, 6.07) is 13.5. The van der Waals surface area contributed by atoms with E-state index in [1.165, 1.54) is 6.08 Å². The van der Waals surface area contributed by atoms with Gasteiger partial charge in [0.25, 0.3) is 0 Å². The van der Waals surface area contributed by atoms with Crippen LogP contribution in [-0.4, -0.2) is 4.92 Å². The summed E-state index contributed by atoms with van der Waals surface area (Å²) in [6.45, 7) is 0. The lowest BCUT2D eigenvalue weighted by Crippen LogP contribution is -1.83. The SMILES string of the molecule is O=[N+]([O-])/C=C\c1cccc2ccccc12. The molecule has 3 heteroatoms. The molecule has 2 aromatic carbocycles. The topological polar surface area (TPSA) is 43.1 Å². The Hall–Kier alpha value is -2.16. The van der Waals surface area contributed by atoms with Gasteiger partial charge in [0.1, 0.15) is 0 Å². The van der Waals surface area contributed by atoms with Crippen molar-refractivity contribution in [3.8, 4) is 0 Å². The number of rotatable bonds is 2. The van der Waals surface area contributed by atoms with Crippen molar-refractivity contribution in [3.63, 3.8) is 0 Å². The monoisotopic (exact) mass is 199 g/mol. The molecule has 0 spiro atoms. The first-order chi connectivity index (χ1) is 7.27. The van der Waals surface area contributed by atoms with Crippen LogP contribution in [0.1, 0.15) is 5.56 Å². The van der Waals surface area contributed by atoms with E-state index in [1.807, 2.05) is 42.5 Å². The maximum Gasteiger partial charge on any atom is 0.235 e. The molecule has 0 fully saturated rings. The molecule has 74 valence electrons. The van der Waals surface area contributed by atoms with Gasteiger partial charge < -0.3 is 0 Å². The first-order valence-corrected chi connectivity index (χ1v) is 4.57. The van der Waals surface area contributed by atoms with Crippen LogP contribution in [-0.2, 0) is 0 Å². The second kappa shape index (κ2) is 3.92. The third-order valence-electron chi connectivity index (χ3n) is 2.20. The molecule has 0 aliphatic carbocycles. The molecule has 0 radical (unpaired) electrons. The minimum Gasteiger partial charge on any atom is -0.259 e. The van der Waals surface area contributed by atoms with Crippen LogP contribution < -0.4 is 0 Å². The summed E-state index contributed by atoms with van der Waals surface area (Å²) in [4.78, 5) is 9.77. The van der Waals surface area contributed by atoms with E-state index >= 15 is 0 Å². The first kappa shape index (κ1) is 9.40. The predicted molar refractivity (Wildman–Crippen MR) is 60.0 cm³/mol. The Bertz CT molecular complexity index is 527. The Balaban J connectivity index is 2.56. The number of benzene rings is 2. The zero-order valence-electron chi connectivity index (χ0n) is 7.96. The fourth-order valence-corrected chi connectivity index (χ4v) is 1.54. The summed E-state index contributed by atoms with van der Waals surface area (Å²) in [7, 11) is 0. The van der Waals surface area contributed by atoms with Gasteiger partial charge in [0, 0.05) is 6.08 Å². The average Bonchev–Trinajstić information content (AvgIpc) is 2.26. The molecule has 0 aliphatic heterocycles. The largest absolute Gasteiger partial charge is 0.259 e. The maximum atomic E-state index is 10.2. The molecular weight excluding hydrogens is 190 g/mol. The molecule has 2 aromatic rings. The van der Waals surface area contributed by atoms with Gasteiger partial charge in [-0.25, -0.2) is 0 Å². The highest BCUT2D eigenvalue weighted by Crippen LogP contribution is 2.19. The standard InChI is InChI=1S/C12H9NO2/c14-13(15)9-8-11-6-3-5-10-4-1-2-7-12(10)11/h1-9H/b9-8-. The first-order valence-electron chi connectivity index (χ1n) is 4.57. The highest BCUT2D eigenvalue weighted by atomic mass is 16.6. The van der Waals surface area contributed by atoms with Crippen molar-refractivity contribution in [2.24, 2.45) is 0 Å². The van der Waals surface area contributed by atoms with E-state index in [2.05, 4.69) is 0 Å². The Morgan fingerprint density at radius 3 is 2.60 bits per heavy atom. The van der Waals surface area contributed by atoms with Gasteiger partial charge >= 0.3 is 0 Å². The van der Waals surface area contributed by atoms with Crippen LogP contribution >= 0.6 is 0 Å². The molecule has 0 unspecified atom stereocenters. The van der Waals surface area contributed by atoms with Crippen LogP contribution in [0.3, 0.4) is 0 Å². The van der Waals surface area contributed by atoms with Crippen LogP contribution in [0.2, 0.25) is 0 Å². The molecule has 0 saturated carbocycles. The van der Waals surface area contributed by atoms with Crippen molar-refractivity contribution in [1.29, 1.82) is 0 Å². The number of nitro groups is 1. The molecule has 0 aliphatic rings. The molecule has 0 heterocycles. The Kier molecular flexibility index (Phi) is 2.46. The minimum atomic E-state index is -0.457. The summed E-state index contributed by atoms with van der Waals surface area (Å²) in [6.07, 6.45) is 2.48. The lowest BCUT2D eigenvalue weighted by Gasteiger charge is -1.99. The fourth-order valence-electron chi connectivity index (χ4n) is 1.54. The molecule has 0 N–H and O–H groups in total. The quantitative estimate of drug-likeness (QED) is 0.551. The number of hydrogen-bond acceptors (Lipinski definition) is 2. The molecule has 15 heavy (non-hydrogen) atoms. The van der Waals surface area contributed by atoms with Gasteiger partial charge in [0.2, 0.25) is 6.20 Å². The van der Waals surface area contributed by atoms with E-state index in [9.17, 15) is 10.1 Å². The Labute approximate surface area is 86.8 Å². The van der Waals surface area contributed by atoms with Crippen molar-refractivity contribution in [2.45, 2.75) is 0 Å². The van der Waals surface area contributed by atoms with Gasteiger partial charge in [-0.05, 0) is 16.3 Å². The van der Waals surface area contributed by atoms with Gasteiger partial charge in [-0.3, -0.25) is 10.1 Å². The number of nitrogens with zero attached hydrogens (tertiary/aromatic N) is 1. The van der Waals surface area contributed by atoms with E-state index in [1.54, 1.807) is 0 Å². The summed E-state index contributed by atoms with van der Waals surface area (Å²) in [5.41, 5.74) is 0.866. The summed E-state index contributed by atoms with van der Waals surface area (Å²) < 4.78 is 0. The van der Waals surface area contributed by atoms with E-state index < -0.39 is 4.92 Å². The molecule has 0 bridgehead atoms. The zero-order chi connectivity index (χ0) is 10.7. The molecule has 2 rings (SSSR count). The van der Waals surface area contributed by atoms with E-state index in [0.29, 0.717) is 0 Å². The Morgan fingerprint density at radius 1 is 1.07 bits per heavy atom. The van der Waals surface area contributed by atoms with Crippen molar-refractivity contribution in [1.82, 2.24) is 0 Å². The maximum absolute atomic E-state index is 10.2. The third kappa shape index (κ3) is 2.02. The van der Waals surface area contributed by atoms with Crippen molar-refractivity contribution >= 4 is 16.8 Å². The van der Waals surface area contributed by atoms with Gasteiger partial charge in [0.05, 0.1) is 4.92 Å². The van der Waals surface area contributed by atoms with Crippen LogP contribution in [0, 0.1) is 10.1 Å². The number of hydrogen-bond donors (Lipinski definition) is 0. The van der Waals surface area contributed by atoms with E-state index in [4.69, 9.17) is 0 Å². The molecule has 0 amide bonds. The van der Waals surface area contributed by atoms with Crippen molar-refractivity contribution < 1.29 is 4.92 Å². The second-order valence-electron chi connectivity index (χ2n) is 3.17. The lowest BCUT2D eigenvalue weighted by atomic mass is 10.0. The molecule has 0 aromatic heterocycles. The highest BCUT2D eigenvalue weighted by Gasteiger charge is 1.97. The van der Waals surface area contributed by atoms with Crippen LogP contribution in [0.4, 0.5) is 0 Å².